The van der Waals surface area contributed by atoms with Crippen molar-refractivity contribution in [2.45, 2.75) is 6.92 Å². The van der Waals surface area contributed by atoms with Crippen LogP contribution in [0.3, 0.4) is 0 Å². The zero-order valence-corrected chi connectivity index (χ0v) is 13.5. The van der Waals surface area contributed by atoms with Crippen molar-refractivity contribution in [2.75, 3.05) is 19.9 Å². The number of ether oxygens (including phenoxy) is 1. The van der Waals surface area contributed by atoms with Crippen molar-refractivity contribution in [1.29, 1.82) is 0 Å². The van der Waals surface area contributed by atoms with Gasteiger partial charge in [0.1, 0.15) is 5.75 Å². The van der Waals surface area contributed by atoms with Crippen LogP contribution in [0.1, 0.15) is 16.1 Å². The monoisotopic (exact) mass is 350 g/mol. The third-order valence-corrected chi connectivity index (χ3v) is 3.47. The van der Waals surface area contributed by atoms with E-state index in [1.807, 2.05) is 12.1 Å². The third-order valence-electron chi connectivity index (χ3n) is 2.98. The van der Waals surface area contributed by atoms with Gasteiger partial charge < -0.3 is 15.8 Å². The van der Waals surface area contributed by atoms with E-state index in [1.54, 1.807) is 27.1 Å². The minimum Gasteiger partial charge on any atom is -0.496 e. The SMILES string of the molecule is CNC(=O)c1c(C)nc(N)nc1-c1cc(Br)ccc1OC. The normalized spacial score (nSPS) is 10.3. The fraction of sp³-hybridized carbons (Fsp3) is 0.214. The summed E-state index contributed by atoms with van der Waals surface area (Å²) in [4.78, 5) is 20.4. The number of hydrogen-bond acceptors (Lipinski definition) is 5. The number of amides is 1. The number of nitrogens with two attached hydrogens (primary N) is 1. The molecule has 0 fully saturated rings. The molecule has 0 atom stereocenters. The molecule has 0 spiro atoms. The van der Waals surface area contributed by atoms with E-state index in [0.717, 1.165) is 4.47 Å². The van der Waals surface area contributed by atoms with Gasteiger partial charge in [0.15, 0.2) is 0 Å². The molecule has 0 unspecified atom stereocenters. The van der Waals surface area contributed by atoms with E-state index in [9.17, 15) is 4.79 Å². The molecule has 0 aliphatic rings. The van der Waals surface area contributed by atoms with Crippen LogP contribution in [0.4, 0.5) is 5.95 Å². The van der Waals surface area contributed by atoms with Crippen LogP contribution in [0.15, 0.2) is 22.7 Å². The van der Waals surface area contributed by atoms with Gasteiger partial charge in [-0.05, 0) is 25.1 Å². The van der Waals surface area contributed by atoms with Crippen molar-refractivity contribution in [3.63, 3.8) is 0 Å². The standard InChI is InChI=1S/C14H15BrN4O2/c1-7-11(13(20)17-2)12(19-14(16)18-7)9-6-8(15)4-5-10(9)21-3/h4-6H,1-3H3,(H,17,20)(H2,16,18,19). The molecular weight excluding hydrogens is 336 g/mol. The minimum absolute atomic E-state index is 0.109. The first-order chi connectivity index (χ1) is 9.97. The van der Waals surface area contributed by atoms with Crippen LogP contribution in [0.2, 0.25) is 0 Å². The van der Waals surface area contributed by atoms with Crippen LogP contribution >= 0.6 is 15.9 Å². The summed E-state index contributed by atoms with van der Waals surface area (Å²) < 4.78 is 6.19. The number of benzene rings is 1. The topological polar surface area (TPSA) is 90.1 Å². The van der Waals surface area contributed by atoms with Crippen LogP contribution in [-0.2, 0) is 0 Å². The maximum absolute atomic E-state index is 12.1. The lowest BCUT2D eigenvalue weighted by Gasteiger charge is -2.14. The molecule has 6 nitrogen and oxygen atoms in total. The number of hydrogen-bond donors (Lipinski definition) is 2. The van der Waals surface area contributed by atoms with Crippen LogP contribution in [0.5, 0.6) is 5.75 Å². The average Bonchev–Trinajstić information content (AvgIpc) is 2.45. The number of nitrogens with one attached hydrogen (secondary N) is 1. The highest BCUT2D eigenvalue weighted by atomic mass is 79.9. The summed E-state index contributed by atoms with van der Waals surface area (Å²) >= 11 is 3.41. The molecule has 7 heteroatoms. The summed E-state index contributed by atoms with van der Waals surface area (Å²) in [6, 6.07) is 5.46. The highest BCUT2D eigenvalue weighted by molar-refractivity contribution is 9.10. The van der Waals surface area contributed by atoms with E-state index in [1.165, 1.54) is 0 Å². The number of halogens is 1. The van der Waals surface area contributed by atoms with Gasteiger partial charge in [0.25, 0.3) is 5.91 Å². The summed E-state index contributed by atoms with van der Waals surface area (Å²) in [6.45, 7) is 1.72. The second-order valence-electron chi connectivity index (χ2n) is 4.31. The molecule has 110 valence electrons. The molecule has 21 heavy (non-hydrogen) atoms. The highest BCUT2D eigenvalue weighted by Gasteiger charge is 2.21. The van der Waals surface area contributed by atoms with Gasteiger partial charge in [-0.15, -0.1) is 0 Å². The maximum atomic E-state index is 12.1. The first-order valence-corrected chi connectivity index (χ1v) is 6.97. The Balaban J connectivity index is 2.79. The van der Waals surface area contributed by atoms with Gasteiger partial charge >= 0.3 is 0 Å². The van der Waals surface area contributed by atoms with Gasteiger partial charge in [0.05, 0.1) is 24.1 Å². The van der Waals surface area contributed by atoms with E-state index in [4.69, 9.17) is 10.5 Å². The third kappa shape index (κ3) is 2.97. The van der Waals surface area contributed by atoms with Crippen LogP contribution in [0, 0.1) is 6.92 Å². The maximum Gasteiger partial charge on any atom is 0.255 e. The Labute approximate surface area is 130 Å². The van der Waals surface area contributed by atoms with Crippen molar-refractivity contribution < 1.29 is 9.53 Å². The number of carbonyl (C=O) groups excluding carboxylic acids is 1. The van der Waals surface area contributed by atoms with E-state index in [2.05, 4.69) is 31.2 Å². The number of carbonyl (C=O) groups is 1. The summed E-state index contributed by atoms with van der Waals surface area (Å²) in [5.41, 5.74) is 7.73. The number of aryl methyl sites for hydroxylation is 1. The van der Waals surface area contributed by atoms with Gasteiger partial charge in [-0.2, -0.15) is 0 Å². The minimum atomic E-state index is -0.274. The van der Waals surface area contributed by atoms with Crippen molar-refractivity contribution in [1.82, 2.24) is 15.3 Å². The Bertz CT molecular complexity index is 704. The lowest BCUT2D eigenvalue weighted by Crippen LogP contribution is -2.22. The highest BCUT2D eigenvalue weighted by Crippen LogP contribution is 2.34. The molecule has 0 aliphatic heterocycles. The van der Waals surface area contributed by atoms with Crippen LogP contribution in [0.25, 0.3) is 11.3 Å². The smallest absolute Gasteiger partial charge is 0.255 e. The predicted molar refractivity (Wildman–Crippen MR) is 84.3 cm³/mol. The fourth-order valence-electron chi connectivity index (χ4n) is 2.05. The quantitative estimate of drug-likeness (QED) is 0.885. The molecular formula is C14H15BrN4O2. The summed E-state index contributed by atoms with van der Waals surface area (Å²) in [5.74, 6) is 0.433. The van der Waals surface area contributed by atoms with E-state index in [0.29, 0.717) is 28.3 Å². The lowest BCUT2D eigenvalue weighted by atomic mass is 10.0. The summed E-state index contributed by atoms with van der Waals surface area (Å²) in [7, 11) is 3.11. The van der Waals surface area contributed by atoms with Gasteiger partial charge in [0, 0.05) is 17.1 Å². The Kier molecular flexibility index (Phi) is 4.42. The summed E-state index contributed by atoms with van der Waals surface area (Å²) in [6.07, 6.45) is 0. The second kappa shape index (κ2) is 6.09. The number of anilines is 1. The largest absolute Gasteiger partial charge is 0.496 e. The molecule has 1 aromatic heterocycles. The number of nitrogens with zero attached hydrogens (tertiary/aromatic N) is 2. The van der Waals surface area contributed by atoms with Crippen LogP contribution < -0.4 is 15.8 Å². The van der Waals surface area contributed by atoms with Gasteiger partial charge in [-0.1, -0.05) is 15.9 Å². The number of nitrogen functional groups attached to an aromatic ring is 1. The zero-order valence-electron chi connectivity index (χ0n) is 11.9. The molecule has 1 heterocycles. The van der Waals surface area contributed by atoms with E-state index < -0.39 is 0 Å². The molecule has 2 aromatic rings. The van der Waals surface area contributed by atoms with E-state index in [-0.39, 0.29) is 11.9 Å². The Hall–Kier alpha value is -2.15. The number of aromatic nitrogens is 2. The molecule has 2 rings (SSSR count). The number of rotatable bonds is 3. The van der Waals surface area contributed by atoms with Crippen molar-refractivity contribution >= 4 is 27.8 Å². The Morgan fingerprint density at radius 2 is 2.10 bits per heavy atom. The molecule has 0 aliphatic carbocycles. The first-order valence-electron chi connectivity index (χ1n) is 6.18. The van der Waals surface area contributed by atoms with E-state index >= 15 is 0 Å². The van der Waals surface area contributed by atoms with Crippen molar-refractivity contribution in [3.05, 3.63) is 33.9 Å². The molecule has 0 radical (unpaired) electrons. The molecule has 1 aromatic carbocycles. The zero-order chi connectivity index (χ0) is 15.6. The molecule has 0 saturated carbocycles. The molecule has 0 bridgehead atoms. The molecule has 3 N–H and O–H groups in total. The van der Waals surface area contributed by atoms with Crippen molar-refractivity contribution in [2.24, 2.45) is 0 Å². The van der Waals surface area contributed by atoms with Crippen molar-refractivity contribution in [3.8, 4) is 17.0 Å². The lowest BCUT2D eigenvalue weighted by molar-refractivity contribution is 0.0962. The van der Waals surface area contributed by atoms with Crippen LogP contribution in [-0.4, -0.2) is 30.0 Å². The molecule has 0 saturated heterocycles. The van der Waals surface area contributed by atoms with Gasteiger partial charge in [-0.3, -0.25) is 4.79 Å². The summed E-state index contributed by atoms with van der Waals surface area (Å²) in [5, 5.41) is 2.59. The first kappa shape index (κ1) is 15.2. The second-order valence-corrected chi connectivity index (χ2v) is 5.23. The average molecular weight is 351 g/mol. The van der Waals surface area contributed by atoms with Gasteiger partial charge in [0.2, 0.25) is 5.95 Å². The Morgan fingerprint density at radius 1 is 1.38 bits per heavy atom. The Morgan fingerprint density at radius 3 is 2.71 bits per heavy atom. The molecule has 1 amide bonds. The fourth-order valence-corrected chi connectivity index (χ4v) is 2.41. The number of methoxy groups -OCH3 is 1. The van der Waals surface area contributed by atoms with Gasteiger partial charge in [-0.25, -0.2) is 9.97 Å². The predicted octanol–water partition coefficient (Wildman–Crippen LogP) is 2.16.